The molecule has 0 bridgehead atoms. The normalized spacial score (nSPS) is 10.8. The molecule has 0 aromatic heterocycles. The molecule has 2 aromatic rings. The number of nitrogens with one attached hydrogen (secondary N) is 1. The molecule has 0 aliphatic rings. The number of carbonyl (C=O) groups excluding carboxylic acids is 3. The summed E-state index contributed by atoms with van der Waals surface area (Å²) in [6.07, 6.45) is -0.140. The first-order valence-corrected chi connectivity index (χ1v) is 9.02. The third-order valence-corrected chi connectivity index (χ3v) is 3.94. The summed E-state index contributed by atoms with van der Waals surface area (Å²) in [6.45, 7) is 5.36. The highest BCUT2D eigenvalue weighted by Gasteiger charge is 2.20. The third-order valence-electron chi connectivity index (χ3n) is 3.94. The van der Waals surface area contributed by atoms with Crippen LogP contribution in [0, 0.1) is 0 Å². The molecule has 154 valence electrons. The van der Waals surface area contributed by atoms with Crippen molar-refractivity contribution in [1.82, 2.24) is 0 Å². The molecule has 29 heavy (non-hydrogen) atoms. The van der Waals surface area contributed by atoms with Crippen molar-refractivity contribution < 1.29 is 28.6 Å². The number of hydrogen-bond acceptors (Lipinski definition) is 6. The van der Waals surface area contributed by atoms with Crippen molar-refractivity contribution >= 4 is 23.7 Å². The highest BCUT2D eigenvalue weighted by atomic mass is 16.6. The number of esters is 2. The van der Waals surface area contributed by atoms with E-state index in [9.17, 15) is 14.4 Å². The molecule has 0 atom stereocenters. The van der Waals surface area contributed by atoms with Gasteiger partial charge in [-0.25, -0.2) is 14.4 Å². The molecule has 2 aromatic carbocycles. The van der Waals surface area contributed by atoms with Gasteiger partial charge < -0.3 is 14.2 Å². The molecular formula is C22H25NO6. The maximum absolute atomic E-state index is 12.1. The Kier molecular flexibility index (Phi) is 6.98. The quantitative estimate of drug-likeness (QED) is 0.599. The van der Waals surface area contributed by atoms with E-state index in [-0.39, 0.29) is 11.1 Å². The molecule has 1 amide bonds. The van der Waals surface area contributed by atoms with Crippen LogP contribution in [0.5, 0.6) is 0 Å². The van der Waals surface area contributed by atoms with Crippen LogP contribution in [-0.2, 0) is 20.6 Å². The topological polar surface area (TPSA) is 90.9 Å². The van der Waals surface area contributed by atoms with E-state index in [2.05, 4.69) is 5.32 Å². The maximum atomic E-state index is 12.1. The van der Waals surface area contributed by atoms with Crippen molar-refractivity contribution in [3.05, 3.63) is 64.7 Å². The summed E-state index contributed by atoms with van der Waals surface area (Å²) in [4.78, 5) is 36.1. The van der Waals surface area contributed by atoms with Crippen molar-refractivity contribution in [2.75, 3.05) is 19.5 Å². The molecule has 7 nitrogen and oxygen atoms in total. The third kappa shape index (κ3) is 6.07. The molecule has 0 aliphatic carbocycles. The van der Waals surface area contributed by atoms with Gasteiger partial charge in [0.15, 0.2) is 0 Å². The van der Waals surface area contributed by atoms with Crippen molar-refractivity contribution in [3.63, 3.8) is 0 Å². The average molecular weight is 399 g/mol. The van der Waals surface area contributed by atoms with Gasteiger partial charge in [-0.1, -0.05) is 24.3 Å². The van der Waals surface area contributed by atoms with Crippen LogP contribution in [-0.4, -0.2) is 37.9 Å². The Morgan fingerprint density at radius 1 is 0.897 bits per heavy atom. The van der Waals surface area contributed by atoms with Gasteiger partial charge in [-0.05, 0) is 56.5 Å². The Bertz CT molecular complexity index is 914. The largest absolute Gasteiger partial charge is 0.465 e. The van der Waals surface area contributed by atoms with Crippen LogP contribution in [0.25, 0.3) is 0 Å². The minimum absolute atomic E-state index is 0.120. The lowest BCUT2D eigenvalue weighted by Gasteiger charge is -2.20. The summed E-state index contributed by atoms with van der Waals surface area (Å²) >= 11 is 0. The first-order chi connectivity index (χ1) is 13.6. The second kappa shape index (κ2) is 9.23. The van der Waals surface area contributed by atoms with E-state index in [0.29, 0.717) is 12.1 Å². The SMILES string of the molecule is COC(=O)c1ccc(Cc2ccccc2NC(=O)OC(C)(C)C)cc1C(=O)OC. The molecule has 0 spiro atoms. The van der Waals surface area contributed by atoms with E-state index in [1.807, 2.05) is 12.1 Å². The van der Waals surface area contributed by atoms with Gasteiger partial charge in [-0.3, -0.25) is 5.32 Å². The molecule has 0 saturated heterocycles. The summed E-state index contributed by atoms with van der Waals surface area (Å²) in [7, 11) is 2.49. The van der Waals surface area contributed by atoms with Crippen molar-refractivity contribution in [2.24, 2.45) is 0 Å². The zero-order valence-corrected chi connectivity index (χ0v) is 17.2. The predicted molar refractivity (Wildman–Crippen MR) is 108 cm³/mol. The van der Waals surface area contributed by atoms with E-state index in [0.717, 1.165) is 11.1 Å². The van der Waals surface area contributed by atoms with Gasteiger partial charge in [-0.2, -0.15) is 0 Å². The fourth-order valence-electron chi connectivity index (χ4n) is 2.70. The highest BCUT2D eigenvalue weighted by Crippen LogP contribution is 2.22. The second-order valence-corrected chi connectivity index (χ2v) is 7.32. The number of anilines is 1. The molecule has 0 aliphatic heterocycles. The summed E-state index contributed by atoms with van der Waals surface area (Å²) < 4.78 is 14.8. The molecular weight excluding hydrogens is 374 g/mol. The molecule has 1 N–H and O–H groups in total. The molecule has 0 radical (unpaired) electrons. The fraction of sp³-hybridized carbons (Fsp3) is 0.318. The summed E-state index contributed by atoms with van der Waals surface area (Å²) in [5.74, 6) is -1.25. The van der Waals surface area contributed by atoms with Gasteiger partial charge in [0.25, 0.3) is 0 Å². The summed E-state index contributed by atoms with van der Waals surface area (Å²) in [5.41, 5.74) is 1.81. The zero-order valence-electron chi connectivity index (χ0n) is 17.2. The van der Waals surface area contributed by atoms with Gasteiger partial charge in [0.05, 0.1) is 25.3 Å². The zero-order chi connectivity index (χ0) is 21.6. The minimum Gasteiger partial charge on any atom is -0.465 e. The Balaban J connectivity index is 2.31. The molecule has 0 heterocycles. The highest BCUT2D eigenvalue weighted by molar-refractivity contribution is 6.03. The number of methoxy groups -OCH3 is 2. The number of benzene rings is 2. The van der Waals surface area contributed by atoms with Crippen molar-refractivity contribution in [1.29, 1.82) is 0 Å². The molecule has 2 rings (SSSR count). The molecule has 0 unspecified atom stereocenters. The van der Waals surface area contributed by atoms with E-state index in [4.69, 9.17) is 14.2 Å². The van der Waals surface area contributed by atoms with Gasteiger partial charge in [0.2, 0.25) is 0 Å². The van der Waals surface area contributed by atoms with E-state index < -0.39 is 23.6 Å². The number of para-hydroxylation sites is 1. The Morgan fingerprint density at radius 2 is 1.52 bits per heavy atom. The van der Waals surface area contributed by atoms with Crippen molar-refractivity contribution in [3.8, 4) is 0 Å². The summed E-state index contributed by atoms with van der Waals surface area (Å²) in [5, 5.41) is 2.75. The standard InChI is InChI=1S/C22H25NO6/c1-22(2,3)29-21(26)23-18-9-7-6-8-15(18)12-14-10-11-16(19(24)27-4)17(13-14)20(25)28-5/h6-11,13H,12H2,1-5H3,(H,23,26). The average Bonchev–Trinajstić information content (AvgIpc) is 2.66. The van der Waals surface area contributed by atoms with Crippen LogP contribution < -0.4 is 5.32 Å². The van der Waals surface area contributed by atoms with Gasteiger partial charge in [0, 0.05) is 5.69 Å². The lowest BCUT2D eigenvalue weighted by atomic mass is 9.98. The lowest BCUT2D eigenvalue weighted by Crippen LogP contribution is -2.27. The first-order valence-electron chi connectivity index (χ1n) is 9.02. The van der Waals surface area contributed by atoms with Gasteiger partial charge in [0.1, 0.15) is 5.60 Å². The number of rotatable bonds is 5. The number of carbonyl (C=O) groups is 3. The second-order valence-electron chi connectivity index (χ2n) is 7.32. The Morgan fingerprint density at radius 3 is 2.14 bits per heavy atom. The molecule has 7 heteroatoms. The maximum Gasteiger partial charge on any atom is 0.412 e. The fourth-order valence-corrected chi connectivity index (χ4v) is 2.70. The van der Waals surface area contributed by atoms with Crippen molar-refractivity contribution in [2.45, 2.75) is 32.8 Å². The first kappa shape index (κ1) is 21.9. The number of amides is 1. The van der Waals surface area contributed by atoms with Crippen LogP contribution >= 0.6 is 0 Å². The monoisotopic (exact) mass is 399 g/mol. The summed E-state index contributed by atoms with van der Waals surface area (Å²) in [6, 6.07) is 12.1. The lowest BCUT2D eigenvalue weighted by molar-refractivity contribution is 0.0555. The van der Waals surface area contributed by atoms with Gasteiger partial charge >= 0.3 is 18.0 Å². The van der Waals surface area contributed by atoms with Crippen LogP contribution in [0.4, 0.5) is 10.5 Å². The van der Waals surface area contributed by atoms with Crippen LogP contribution in [0.2, 0.25) is 0 Å². The molecule has 0 saturated carbocycles. The number of hydrogen-bond donors (Lipinski definition) is 1. The minimum atomic E-state index is -0.632. The molecule has 0 fully saturated rings. The van der Waals surface area contributed by atoms with E-state index >= 15 is 0 Å². The Labute approximate surface area is 170 Å². The van der Waals surface area contributed by atoms with Crippen LogP contribution in [0.1, 0.15) is 52.6 Å². The number of ether oxygens (including phenoxy) is 3. The van der Waals surface area contributed by atoms with Gasteiger partial charge in [-0.15, -0.1) is 0 Å². The Hall–Kier alpha value is -3.35. The predicted octanol–water partition coefficient (Wildman–Crippen LogP) is 4.20. The smallest absolute Gasteiger partial charge is 0.412 e. The van der Waals surface area contributed by atoms with Crippen LogP contribution in [0.15, 0.2) is 42.5 Å². The van der Waals surface area contributed by atoms with E-state index in [1.165, 1.54) is 20.3 Å². The van der Waals surface area contributed by atoms with Crippen LogP contribution in [0.3, 0.4) is 0 Å². The van der Waals surface area contributed by atoms with E-state index in [1.54, 1.807) is 45.0 Å².